The van der Waals surface area contributed by atoms with Gasteiger partial charge in [-0.05, 0) is 39.0 Å². The highest BCUT2D eigenvalue weighted by Gasteiger charge is 2.57. The van der Waals surface area contributed by atoms with Gasteiger partial charge in [-0.15, -0.1) is 0 Å². The molecule has 1 aliphatic carbocycles. The van der Waals surface area contributed by atoms with Gasteiger partial charge in [-0.1, -0.05) is 13.8 Å². The van der Waals surface area contributed by atoms with E-state index in [4.69, 9.17) is 10.5 Å². The summed E-state index contributed by atoms with van der Waals surface area (Å²) in [6.07, 6.45) is 1.57. The first-order valence-corrected chi connectivity index (χ1v) is 6.93. The van der Waals surface area contributed by atoms with Crippen molar-refractivity contribution in [3.05, 3.63) is 0 Å². The van der Waals surface area contributed by atoms with E-state index in [-0.39, 0.29) is 17.3 Å². The smallest absolute Gasteiger partial charge is 0.332 e. The first-order valence-electron chi connectivity index (χ1n) is 6.93. The number of primary amides is 1. The molecule has 0 saturated heterocycles. The molecule has 0 spiro atoms. The number of hydrazone groups is 1. The fourth-order valence-electron chi connectivity index (χ4n) is 3.11. The van der Waals surface area contributed by atoms with Gasteiger partial charge in [-0.3, -0.25) is 4.79 Å². The van der Waals surface area contributed by atoms with Crippen LogP contribution in [0.1, 0.15) is 47.5 Å². The van der Waals surface area contributed by atoms with Crippen LogP contribution in [0.3, 0.4) is 0 Å². The van der Waals surface area contributed by atoms with Crippen LogP contribution in [0, 0.1) is 16.7 Å². The van der Waals surface area contributed by atoms with Crippen molar-refractivity contribution in [2.45, 2.75) is 47.5 Å². The van der Waals surface area contributed by atoms with E-state index in [1.807, 2.05) is 34.6 Å². The normalized spacial score (nSPS) is 29.1. The van der Waals surface area contributed by atoms with E-state index in [0.29, 0.717) is 6.61 Å². The second-order valence-electron chi connectivity index (χ2n) is 6.09. The minimum absolute atomic E-state index is 0.101. The van der Waals surface area contributed by atoms with Crippen molar-refractivity contribution in [3.8, 4) is 0 Å². The number of hydrogen-bond donors (Lipinski definition) is 2. The van der Waals surface area contributed by atoms with Crippen LogP contribution in [0.25, 0.3) is 0 Å². The maximum atomic E-state index is 12.3. The number of carbonyl (C=O) groups is 2. The molecule has 0 aromatic carbocycles. The summed E-state index contributed by atoms with van der Waals surface area (Å²) in [4.78, 5) is 23.0. The minimum Gasteiger partial charge on any atom is -0.466 e. The number of esters is 1. The van der Waals surface area contributed by atoms with Crippen molar-refractivity contribution >= 4 is 17.7 Å². The van der Waals surface area contributed by atoms with Crippen LogP contribution in [-0.2, 0) is 9.53 Å². The minimum atomic E-state index is -0.687. The number of nitrogens with zero attached hydrogens (tertiary/aromatic N) is 1. The molecular weight excluding hydrogens is 258 g/mol. The van der Waals surface area contributed by atoms with Gasteiger partial charge < -0.3 is 10.5 Å². The van der Waals surface area contributed by atoms with E-state index in [0.717, 1.165) is 18.6 Å². The summed E-state index contributed by atoms with van der Waals surface area (Å²) in [7, 11) is 0. The number of hydrogen-bond acceptors (Lipinski definition) is 4. The van der Waals surface area contributed by atoms with Crippen LogP contribution >= 0.6 is 0 Å². The number of nitrogens with one attached hydrogen (secondary N) is 1. The van der Waals surface area contributed by atoms with Gasteiger partial charge in [0.05, 0.1) is 12.0 Å². The van der Waals surface area contributed by atoms with Crippen molar-refractivity contribution in [1.29, 1.82) is 0 Å². The lowest BCUT2D eigenvalue weighted by Crippen LogP contribution is -2.43. The first-order chi connectivity index (χ1) is 9.16. The Bertz CT molecular complexity index is 431. The molecule has 0 radical (unpaired) electrons. The molecule has 1 aliphatic rings. The number of nitrogens with two attached hydrogens (primary N) is 1. The molecule has 1 saturated carbocycles. The van der Waals surface area contributed by atoms with Crippen molar-refractivity contribution in [2.24, 2.45) is 27.6 Å². The Balaban J connectivity index is 2.97. The van der Waals surface area contributed by atoms with Gasteiger partial charge in [0.1, 0.15) is 0 Å². The molecule has 6 nitrogen and oxygen atoms in total. The second-order valence-corrected chi connectivity index (χ2v) is 6.09. The molecule has 20 heavy (non-hydrogen) atoms. The standard InChI is InChI=1S/C14H25N3O3/c1-6-20-11(18)14(5)8-7-10(13(14,3)4)9(2)16-17-12(15)19/h10H,6-8H2,1-5H3,(H3,15,17,19)/b16-9-/t10-,14-/m0/s1. The zero-order valence-corrected chi connectivity index (χ0v) is 12.9. The maximum Gasteiger partial charge on any atom is 0.332 e. The summed E-state index contributed by atoms with van der Waals surface area (Å²) >= 11 is 0. The summed E-state index contributed by atoms with van der Waals surface area (Å²) in [5, 5.41) is 4.01. The van der Waals surface area contributed by atoms with E-state index in [2.05, 4.69) is 10.5 Å². The van der Waals surface area contributed by atoms with Crippen molar-refractivity contribution in [3.63, 3.8) is 0 Å². The average molecular weight is 283 g/mol. The molecule has 2 amide bonds. The summed E-state index contributed by atoms with van der Waals surface area (Å²) in [6.45, 7) is 10.1. The number of urea groups is 1. The number of ether oxygens (including phenoxy) is 1. The van der Waals surface area contributed by atoms with Crippen molar-refractivity contribution < 1.29 is 14.3 Å². The molecule has 6 heteroatoms. The topological polar surface area (TPSA) is 93.8 Å². The summed E-state index contributed by atoms with van der Waals surface area (Å²) in [5.41, 5.74) is 7.20. The third-order valence-electron chi connectivity index (χ3n) is 4.80. The molecule has 3 N–H and O–H groups in total. The maximum absolute atomic E-state index is 12.3. The highest BCUT2D eigenvalue weighted by atomic mass is 16.5. The second kappa shape index (κ2) is 5.81. The fraction of sp³-hybridized carbons (Fsp3) is 0.786. The Morgan fingerprint density at radius 3 is 2.50 bits per heavy atom. The molecular formula is C14H25N3O3. The highest BCUT2D eigenvalue weighted by molar-refractivity contribution is 5.89. The zero-order chi connectivity index (χ0) is 15.6. The van der Waals surface area contributed by atoms with Gasteiger partial charge in [0.2, 0.25) is 0 Å². The lowest BCUT2D eigenvalue weighted by Gasteiger charge is -2.39. The van der Waals surface area contributed by atoms with Gasteiger partial charge in [-0.2, -0.15) is 5.10 Å². The van der Waals surface area contributed by atoms with Gasteiger partial charge in [0, 0.05) is 11.6 Å². The predicted molar refractivity (Wildman–Crippen MR) is 77.1 cm³/mol. The van der Waals surface area contributed by atoms with Gasteiger partial charge >= 0.3 is 12.0 Å². The van der Waals surface area contributed by atoms with Crippen LogP contribution in [0.4, 0.5) is 4.79 Å². The number of amides is 2. The summed E-state index contributed by atoms with van der Waals surface area (Å²) in [6, 6.07) is -0.687. The monoisotopic (exact) mass is 283 g/mol. The molecule has 2 atom stereocenters. The molecule has 0 aromatic rings. The Kier molecular flexibility index (Phi) is 4.78. The van der Waals surface area contributed by atoms with Crippen molar-refractivity contribution in [1.82, 2.24) is 5.43 Å². The largest absolute Gasteiger partial charge is 0.466 e. The molecule has 0 aliphatic heterocycles. The van der Waals surface area contributed by atoms with Crippen molar-refractivity contribution in [2.75, 3.05) is 6.61 Å². The third-order valence-corrected chi connectivity index (χ3v) is 4.80. The van der Waals surface area contributed by atoms with Gasteiger partial charge in [0.25, 0.3) is 0 Å². The van der Waals surface area contributed by atoms with E-state index in [1.54, 1.807) is 0 Å². The first kappa shape index (κ1) is 16.5. The molecule has 0 heterocycles. The van der Waals surface area contributed by atoms with Crippen LogP contribution in [0.2, 0.25) is 0 Å². The molecule has 0 bridgehead atoms. The molecule has 1 fully saturated rings. The zero-order valence-electron chi connectivity index (χ0n) is 12.9. The molecule has 0 aromatic heterocycles. The van der Waals surface area contributed by atoms with E-state index in [1.165, 1.54) is 0 Å². The molecule has 114 valence electrons. The third kappa shape index (κ3) is 2.78. The van der Waals surface area contributed by atoms with E-state index < -0.39 is 11.4 Å². The fourth-order valence-corrected chi connectivity index (χ4v) is 3.11. The highest BCUT2D eigenvalue weighted by Crippen LogP contribution is 2.56. The lowest BCUT2D eigenvalue weighted by atomic mass is 9.65. The van der Waals surface area contributed by atoms with Crippen LogP contribution in [-0.4, -0.2) is 24.3 Å². The summed E-state index contributed by atoms with van der Waals surface area (Å²) < 4.78 is 5.22. The number of rotatable bonds is 4. The van der Waals surface area contributed by atoms with Gasteiger partial charge in [-0.25, -0.2) is 10.2 Å². The lowest BCUT2D eigenvalue weighted by molar-refractivity contribution is -0.160. The Morgan fingerprint density at radius 2 is 2.00 bits per heavy atom. The Labute approximate surface area is 120 Å². The van der Waals surface area contributed by atoms with Crippen LogP contribution in [0.5, 0.6) is 0 Å². The quantitative estimate of drug-likeness (QED) is 0.469. The molecule has 1 rings (SSSR count). The van der Waals surface area contributed by atoms with Crippen LogP contribution < -0.4 is 11.2 Å². The number of carbonyl (C=O) groups excluding carboxylic acids is 2. The Morgan fingerprint density at radius 1 is 1.40 bits per heavy atom. The molecule has 0 unspecified atom stereocenters. The van der Waals surface area contributed by atoms with Gasteiger partial charge in [0.15, 0.2) is 0 Å². The van der Waals surface area contributed by atoms with E-state index >= 15 is 0 Å². The predicted octanol–water partition coefficient (Wildman–Crippen LogP) is 2.04. The van der Waals surface area contributed by atoms with Crippen LogP contribution in [0.15, 0.2) is 5.10 Å². The average Bonchev–Trinajstić information content (AvgIpc) is 2.59. The SMILES string of the molecule is CCOC(=O)[C@]1(C)CC[C@@H](/C(C)=N\NC(N)=O)C1(C)C. The van der Waals surface area contributed by atoms with E-state index in [9.17, 15) is 9.59 Å². The Hall–Kier alpha value is -1.59. The summed E-state index contributed by atoms with van der Waals surface area (Å²) in [5.74, 6) is -0.0630.